The molecule has 3 heteroatoms. The van der Waals surface area contributed by atoms with E-state index in [1.54, 1.807) is 0 Å². The van der Waals surface area contributed by atoms with Crippen LogP contribution < -0.4 is 15.5 Å². The van der Waals surface area contributed by atoms with Gasteiger partial charge in [-0.1, -0.05) is 68.3 Å². The number of piperidine rings is 1. The predicted molar refractivity (Wildman–Crippen MR) is 130 cm³/mol. The van der Waals surface area contributed by atoms with Crippen molar-refractivity contribution >= 4 is 24.9 Å². The Balaban J connectivity index is 2.08. The standard InChI is InChI=1S/C26H38NOP/c1-18-11-12-22(21(15-18)27-13-9-8-10-14-27)29-23-17-19(25(2,3)4)16-20(24(23)28)26(5,6)7/h11-12,15-17,28-29H,8-10,13-14H2,1-7H3. The molecule has 0 aliphatic carbocycles. The first-order valence-electron chi connectivity index (χ1n) is 11.0. The van der Waals surface area contributed by atoms with Gasteiger partial charge in [0.15, 0.2) is 0 Å². The van der Waals surface area contributed by atoms with E-state index in [0.29, 0.717) is 14.3 Å². The van der Waals surface area contributed by atoms with E-state index < -0.39 is 0 Å². The Kier molecular flexibility index (Phi) is 6.35. The Morgan fingerprint density at radius 1 is 0.828 bits per heavy atom. The minimum Gasteiger partial charge on any atom is -0.507 e. The number of phenolic OH excluding ortho intramolecular Hbond substituents is 1. The van der Waals surface area contributed by atoms with Crippen LogP contribution in [0.25, 0.3) is 0 Å². The van der Waals surface area contributed by atoms with Gasteiger partial charge in [-0.25, -0.2) is 0 Å². The van der Waals surface area contributed by atoms with E-state index >= 15 is 0 Å². The van der Waals surface area contributed by atoms with Crippen molar-refractivity contribution in [1.82, 2.24) is 0 Å². The molecule has 158 valence electrons. The molecule has 1 N–H and O–H groups in total. The second kappa shape index (κ2) is 8.31. The van der Waals surface area contributed by atoms with Crippen LogP contribution in [-0.2, 0) is 10.8 Å². The molecule has 0 bridgehead atoms. The average molecular weight is 412 g/mol. The third-order valence-electron chi connectivity index (χ3n) is 5.90. The first-order chi connectivity index (χ1) is 13.5. The fraction of sp³-hybridized carbons (Fsp3) is 0.538. The zero-order valence-corrected chi connectivity index (χ0v) is 20.3. The number of hydrogen-bond acceptors (Lipinski definition) is 2. The van der Waals surface area contributed by atoms with E-state index in [2.05, 4.69) is 83.7 Å². The summed E-state index contributed by atoms with van der Waals surface area (Å²) in [4.78, 5) is 2.55. The predicted octanol–water partition coefficient (Wildman–Crippen LogP) is 5.92. The molecular formula is C26H38NOP. The summed E-state index contributed by atoms with van der Waals surface area (Å²) in [5.74, 6) is 0.481. The minimum atomic E-state index is -0.0897. The van der Waals surface area contributed by atoms with Crippen molar-refractivity contribution in [2.45, 2.75) is 78.6 Å². The van der Waals surface area contributed by atoms with Crippen LogP contribution in [0.2, 0.25) is 0 Å². The molecule has 1 atom stereocenters. The lowest BCUT2D eigenvalue weighted by atomic mass is 9.80. The van der Waals surface area contributed by atoms with Gasteiger partial charge < -0.3 is 10.0 Å². The molecule has 1 unspecified atom stereocenters. The Bertz CT molecular complexity index is 867. The number of anilines is 1. The summed E-state index contributed by atoms with van der Waals surface area (Å²) in [5, 5.41) is 13.6. The van der Waals surface area contributed by atoms with Crippen LogP contribution in [0.5, 0.6) is 5.75 Å². The number of rotatable bonds is 3. The van der Waals surface area contributed by atoms with Crippen molar-refractivity contribution in [3.63, 3.8) is 0 Å². The van der Waals surface area contributed by atoms with Crippen LogP contribution in [0.3, 0.4) is 0 Å². The maximum absolute atomic E-state index is 11.2. The average Bonchev–Trinajstić information content (AvgIpc) is 2.63. The van der Waals surface area contributed by atoms with Crippen molar-refractivity contribution in [2.24, 2.45) is 0 Å². The number of aryl methyl sites for hydroxylation is 1. The largest absolute Gasteiger partial charge is 0.507 e. The van der Waals surface area contributed by atoms with Crippen molar-refractivity contribution in [3.8, 4) is 5.75 Å². The Hall–Kier alpha value is -1.53. The van der Waals surface area contributed by atoms with E-state index in [1.165, 1.54) is 41.4 Å². The fourth-order valence-electron chi connectivity index (χ4n) is 4.02. The van der Waals surface area contributed by atoms with E-state index in [9.17, 15) is 5.11 Å². The number of benzene rings is 2. The summed E-state index contributed by atoms with van der Waals surface area (Å²) in [7, 11) is 0.454. The second-order valence-electron chi connectivity index (χ2n) is 10.6. The normalized spacial score (nSPS) is 16.0. The highest BCUT2D eigenvalue weighted by Gasteiger charge is 2.25. The third kappa shape index (κ3) is 5.15. The molecule has 0 saturated carbocycles. The van der Waals surface area contributed by atoms with Gasteiger partial charge in [0.25, 0.3) is 0 Å². The highest BCUT2D eigenvalue weighted by Crippen LogP contribution is 2.37. The van der Waals surface area contributed by atoms with Gasteiger partial charge in [0.1, 0.15) is 5.75 Å². The smallest absolute Gasteiger partial charge is 0.127 e. The van der Waals surface area contributed by atoms with Gasteiger partial charge in [0.2, 0.25) is 0 Å². The summed E-state index contributed by atoms with van der Waals surface area (Å²) in [5.41, 5.74) is 4.99. The summed E-state index contributed by atoms with van der Waals surface area (Å²) in [6, 6.07) is 11.3. The molecule has 2 aromatic rings. The van der Waals surface area contributed by atoms with E-state index in [-0.39, 0.29) is 10.8 Å². The zero-order chi connectivity index (χ0) is 21.4. The summed E-state index contributed by atoms with van der Waals surface area (Å²) in [6.07, 6.45) is 3.88. The second-order valence-corrected chi connectivity index (χ2v) is 11.9. The molecular weight excluding hydrogens is 373 g/mol. The number of aromatic hydroxyl groups is 1. The number of hydrogen-bond donors (Lipinski definition) is 1. The van der Waals surface area contributed by atoms with Crippen LogP contribution in [0, 0.1) is 6.92 Å². The van der Waals surface area contributed by atoms with Gasteiger partial charge in [-0.2, -0.15) is 0 Å². The molecule has 1 heterocycles. The maximum Gasteiger partial charge on any atom is 0.127 e. The van der Waals surface area contributed by atoms with Crippen LogP contribution in [0.1, 0.15) is 77.5 Å². The van der Waals surface area contributed by atoms with Gasteiger partial charge in [-0.05, 0) is 60.3 Å². The first-order valence-corrected chi connectivity index (χ1v) is 12.0. The van der Waals surface area contributed by atoms with Gasteiger partial charge in [-0.3, -0.25) is 0 Å². The molecule has 0 spiro atoms. The third-order valence-corrected chi connectivity index (χ3v) is 7.25. The molecule has 3 rings (SSSR count). The number of nitrogens with zero attached hydrogens (tertiary/aromatic N) is 1. The van der Waals surface area contributed by atoms with E-state index in [4.69, 9.17) is 0 Å². The lowest BCUT2D eigenvalue weighted by Gasteiger charge is -2.31. The van der Waals surface area contributed by atoms with Crippen molar-refractivity contribution in [1.29, 1.82) is 0 Å². The molecule has 0 amide bonds. The Labute approximate surface area is 179 Å². The molecule has 1 aliphatic rings. The van der Waals surface area contributed by atoms with Crippen LogP contribution in [0.4, 0.5) is 5.69 Å². The van der Waals surface area contributed by atoms with Gasteiger partial charge in [-0.15, -0.1) is 0 Å². The van der Waals surface area contributed by atoms with Crippen LogP contribution in [0.15, 0.2) is 30.3 Å². The molecule has 0 radical (unpaired) electrons. The zero-order valence-electron chi connectivity index (χ0n) is 19.3. The van der Waals surface area contributed by atoms with Crippen LogP contribution in [-0.4, -0.2) is 18.2 Å². The molecule has 2 nitrogen and oxygen atoms in total. The summed E-state index contributed by atoms with van der Waals surface area (Å²) < 4.78 is 0. The molecule has 29 heavy (non-hydrogen) atoms. The van der Waals surface area contributed by atoms with E-state index in [1.807, 2.05) is 0 Å². The first kappa shape index (κ1) is 22.2. The lowest BCUT2D eigenvalue weighted by Crippen LogP contribution is -2.32. The Morgan fingerprint density at radius 3 is 2.07 bits per heavy atom. The van der Waals surface area contributed by atoms with Crippen LogP contribution >= 0.6 is 8.58 Å². The minimum absolute atomic E-state index is 0.0515. The van der Waals surface area contributed by atoms with Crippen molar-refractivity contribution < 1.29 is 5.11 Å². The molecule has 2 aromatic carbocycles. The van der Waals surface area contributed by atoms with Gasteiger partial charge in [0, 0.05) is 34.9 Å². The van der Waals surface area contributed by atoms with Gasteiger partial charge >= 0.3 is 0 Å². The summed E-state index contributed by atoms with van der Waals surface area (Å²) in [6.45, 7) is 17.8. The maximum atomic E-state index is 11.2. The number of phenols is 1. The topological polar surface area (TPSA) is 23.5 Å². The highest BCUT2D eigenvalue weighted by molar-refractivity contribution is 7.56. The van der Waals surface area contributed by atoms with Gasteiger partial charge in [0.05, 0.1) is 0 Å². The molecule has 1 saturated heterocycles. The molecule has 1 aliphatic heterocycles. The quantitative estimate of drug-likeness (QED) is 0.634. The molecule has 1 fully saturated rings. The van der Waals surface area contributed by atoms with Crippen molar-refractivity contribution in [3.05, 3.63) is 47.0 Å². The highest BCUT2D eigenvalue weighted by atomic mass is 31.1. The summed E-state index contributed by atoms with van der Waals surface area (Å²) >= 11 is 0. The fourth-order valence-corrected chi connectivity index (χ4v) is 5.32. The SMILES string of the molecule is Cc1ccc(Pc2cc(C(C)(C)C)cc(C(C)(C)C)c2O)c(N2CCCCC2)c1. The Morgan fingerprint density at radius 2 is 1.48 bits per heavy atom. The monoisotopic (exact) mass is 411 g/mol. The molecule has 0 aromatic heterocycles. The van der Waals surface area contributed by atoms with E-state index in [0.717, 1.165) is 24.0 Å². The lowest BCUT2D eigenvalue weighted by molar-refractivity contribution is 0.449. The van der Waals surface area contributed by atoms with Crippen molar-refractivity contribution in [2.75, 3.05) is 18.0 Å².